The van der Waals surface area contributed by atoms with Gasteiger partial charge in [0.2, 0.25) is 0 Å². The smallest absolute Gasteiger partial charge is 0.314 e. The molecular weight excluding hydrogens is 334 g/mol. The lowest BCUT2D eigenvalue weighted by Gasteiger charge is -2.22. The van der Waals surface area contributed by atoms with Crippen LogP contribution in [0.2, 0.25) is 0 Å². The van der Waals surface area contributed by atoms with Crippen molar-refractivity contribution in [2.24, 2.45) is 5.92 Å². The van der Waals surface area contributed by atoms with Gasteiger partial charge in [-0.2, -0.15) is 0 Å². The summed E-state index contributed by atoms with van der Waals surface area (Å²) in [6, 6.07) is 1.83. The molecule has 5 nitrogen and oxygen atoms in total. The van der Waals surface area contributed by atoms with Crippen molar-refractivity contribution in [3.8, 4) is 0 Å². The van der Waals surface area contributed by atoms with E-state index in [0.717, 1.165) is 12.1 Å². The van der Waals surface area contributed by atoms with Gasteiger partial charge in [-0.25, -0.2) is 8.78 Å². The molecule has 1 saturated carbocycles. The largest absolute Gasteiger partial charge is 0.481 e. The first-order chi connectivity index (χ1) is 11.9. The first-order valence-corrected chi connectivity index (χ1v) is 8.41. The summed E-state index contributed by atoms with van der Waals surface area (Å²) in [6.45, 7) is 2.49. The maximum atomic E-state index is 14.5. The normalized spacial score (nSPS) is 23.1. The molecule has 25 heavy (non-hydrogen) atoms. The summed E-state index contributed by atoms with van der Waals surface area (Å²) >= 11 is 0. The molecule has 2 aliphatic rings. The molecule has 1 heterocycles. The first kappa shape index (κ1) is 17.9. The Hall–Kier alpha value is -1.86. The van der Waals surface area contributed by atoms with Crippen molar-refractivity contribution in [3.05, 3.63) is 34.9 Å². The molecule has 1 aliphatic heterocycles. The Morgan fingerprint density at radius 2 is 1.96 bits per heavy atom. The monoisotopic (exact) mass is 354 g/mol. The second-order valence-corrected chi connectivity index (χ2v) is 6.56. The van der Waals surface area contributed by atoms with Crippen LogP contribution in [0.3, 0.4) is 0 Å². The number of carboxylic acids is 1. The topological polar surface area (TPSA) is 72.8 Å². The van der Waals surface area contributed by atoms with Gasteiger partial charge in [-0.15, -0.1) is 0 Å². The summed E-state index contributed by atoms with van der Waals surface area (Å²) in [5.41, 5.74) is -0.343. The quantitative estimate of drug-likeness (QED) is 0.649. The first-order valence-electron chi connectivity index (χ1n) is 8.41. The Labute approximate surface area is 143 Å². The van der Waals surface area contributed by atoms with E-state index in [-0.39, 0.29) is 17.9 Å². The number of benzene rings is 1. The van der Waals surface area contributed by atoms with Crippen molar-refractivity contribution in [2.75, 3.05) is 13.2 Å². The Balaban J connectivity index is 1.86. The molecule has 0 radical (unpaired) electrons. The van der Waals surface area contributed by atoms with E-state index in [1.807, 2.05) is 0 Å². The molecule has 1 aromatic rings. The van der Waals surface area contributed by atoms with Crippen LogP contribution in [0.5, 0.6) is 0 Å². The predicted octanol–water partition coefficient (Wildman–Crippen LogP) is 3.27. The summed E-state index contributed by atoms with van der Waals surface area (Å²) in [5.74, 6) is -6.21. The highest BCUT2D eigenvalue weighted by atomic mass is 19.1. The van der Waals surface area contributed by atoms with Crippen molar-refractivity contribution in [1.82, 2.24) is 0 Å². The average molecular weight is 354 g/mol. The lowest BCUT2D eigenvalue weighted by atomic mass is 9.91. The van der Waals surface area contributed by atoms with Gasteiger partial charge < -0.3 is 14.6 Å². The second-order valence-electron chi connectivity index (χ2n) is 6.56. The van der Waals surface area contributed by atoms with E-state index in [9.17, 15) is 18.4 Å². The standard InChI is InChI=1S/C18H20F2O5/c1-2-11(17(22)23)16(21)13-8-14(19)12(7-15(13)20)10-3-4-18(9-10)24-5-6-25-18/h7-8,10-11H,2-6,9H2,1H3,(H,22,23). The fourth-order valence-corrected chi connectivity index (χ4v) is 3.72. The third-order valence-electron chi connectivity index (χ3n) is 5.06. The van der Waals surface area contributed by atoms with Crippen LogP contribution in [-0.2, 0) is 14.3 Å². The molecule has 0 bridgehead atoms. The number of hydrogen-bond donors (Lipinski definition) is 1. The van der Waals surface area contributed by atoms with Crippen LogP contribution < -0.4 is 0 Å². The van der Waals surface area contributed by atoms with E-state index in [4.69, 9.17) is 14.6 Å². The molecule has 1 aromatic carbocycles. The predicted molar refractivity (Wildman–Crippen MR) is 83.3 cm³/mol. The minimum atomic E-state index is -1.38. The van der Waals surface area contributed by atoms with Gasteiger partial charge in [0.15, 0.2) is 11.6 Å². The number of Topliss-reactive ketones (excluding diaryl/α,β-unsaturated/α-hetero) is 1. The molecule has 1 saturated heterocycles. The number of carboxylic acid groups (broad SMARTS) is 1. The van der Waals surface area contributed by atoms with Crippen molar-refractivity contribution in [1.29, 1.82) is 0 Å². The Morgan fingerprint density at radius 3 is 2.56 bits per heavy atom. The molecule has 2 unspecified atom stereocenters. The van der Waals surface area contributed by atoms with E-state index < -0.39 is 40.7 Å². The van der Waals surface area contributed by atoms with E-state index in [2.05, 4.69) is 0 Å². The zero-order chi connectivity index (χ0) is 18.2. The number of rotatable bonds is 5. The molecule has 1 N–H and O–H groups in total. The van der Waals surface area contributed by atoms with Crippen molar-refractivity contribution in [3.63, 3.8) is 0 Å². The van der Waals surface area contributed by atoms with Gasteiger partial charge in [0.1, 0.15) is 17.6 Å². The van der Waals surface area contributed by atoms with Crippen LogP contribution in [0.4, 0.5) is 8.78 Å². The van der Waals surface area contributed by atoms with Crippen molar-refractivity contribution in [2.45, 2.75) is 44.3 Å². The zero-order valence-corrected chi connectivity index (χ0v) is 13.9. The average Bonchev–Trinajstić information content (AvgIpc) is 3.19. The summed E-state index contributed by atoms with van der Waals surface area (Å²) in [4.78, 5) is 23.3. The molecule has 7 heteroatoms. The number of carbonyl (C=O) groups excluding carboxylic acids is 1. The third kappa shape index (κ3) is 3.30. The maximum absolute atomic E-state index is 14.5. The number of carbonyl (C=O) groups is 2. The fraction of sp³-hybridized carbons (Fsp3) is 0.556. The van der Waals surface area contributed by atoms with Crippen LogP contribution in [0.15, 0.2) is 12.1 Å². The minimum absolute atomic E-state index is 0.0107. The lowest BCUT2D eigenvalue weighted by molar-refractivity contribution is -0.151. The van der Waals surface area contributed by atoms with Gasteiger partial charge in [-0.05, 0) is 36.5 Å². The summed E-state index contributed by atoms with van der Waals surface area (Å²) in [6.07, 6.45) is 1.65. The van der Waals surface area contributed by atoms with E-state index in [1.54, 1.807) is 0 Å². The highest BCUT2D eigenvalue weighted by Gasteiger charge is 2.45. The molecule has 3 rings (SSSR count). The Morgan fingerprint density at radius 1 is 1.28 bits per heavy atom. The van der Waals surface area contributed by atoms with Gasteiger partial charge in [0, 0.05) is 12.8 Å². The molecule has 0 aromatic heterocycles. The third-order valence-corrected chi connectivity index (χ3v) is 5.06. The van der Waals surface area contributed by atoms with Crippen molar-refractivity contribution < 1.29 is 33.0 Å². The number of halogens is 2. The second kappa shape index (κ2) is 6.80. The molecule has 136 valence electrons. The van der Waals surface area contributed by atoms with Gasteiger partial charge in [-0.1, -0.05) is 6.92 Å². The SMILES string of the molecule is CCC(C(=O)O)C(=O)c1cc(F)c(C2CCC3(C2)OCCO3)cc1F. The van der Waals surface area contributed by atoms with E-state index >= 15 is 0 Å². The fourth-order valence-electron chi connectivity index (χ4n) is 3.72. The van der Waals surface area contributed by atoms with Crippen LogP contribution in [0.25, 0.3) is 0 Å². The lowest BCUT2D eigenvalue weighted by Crippen LogP contribution is -2.26. The molecule has 1 spiro atoms. The summed E-state index contributed by atoms with van der Waals surface area (Å²) in [7, 11) is 0. The zero-order valence-electron chi connectivity index (χ0n) is 13.9. The summed E-state index contributed by atoms with van der Waals surface area (Å²) < 4.78 is 40.2. The molecule has 2 fully saturated rings. The Bertz CT molecular complexity index is 697. The molecule has 1 aliphatic carbocycles. The van der Waals surface area contributed by atoms with Crippen molar-refractivity contribution >= 4 is 11.8 Å². The van der Waals surface area contributed by atoms with Gasteiger partial charge in [0.05, 0.1) is 18.8 Å². The number of ether oxygens (including phenoxy) is 2. The molecule has 2 atom stereocenters. The van der Waals surface area contributed by atoms with E-state index in [0.29, 0.717) is 32.5 Å². The van der Waals surface area contributed by atoms with Gasteiger partial charge >= 0.3 is 5.97 Å². The highest BCUT2D eigenvalue weighted by Crippen LogP contribution is 2.46. The maximum Gasteiger partial charge on any atom is 0.314 e. The van der Waals surface area contributed by atoms with Crippen LogP contribution in [0, 0.1) is 17.6 Å². The number of ketones is 1. The summed E-state index contributed by atoms with van der Waals surface area (Å²) in [5, 5.41) is 9.05. The molecule has 0 amide bonds. The van der Waals surface area contributed by atoms with E-state index in [1.165, 1.54) is 6.92 Å². The Kier molecular flexibility index (Phi) is 4.88. The molecular formula is C18H20F2O5. The van der Waals surface area contributed by atoms with Gasteiger partial charge in [-0.3, -0.25) is 9.59 Å². The minimum Gasteiger partial charge on any atom is -0.481 e. The number of hydrogen-bond acceptors (Lipinski definition) is 4. The van der Waals surface area contributed by atoms with Gasteiger partial charge in [0.25, 0.3) is 0 Å². The highest BCUT2D eigenvalue weighted by molar-refractivity contribution is 6.08. The van der Waals surface area contributed by atoms with Crippen LogP contribution in [0.1, 0.15) is 54.4 Å². The number of aliphatic carboxylic acids is 1. The van der Waals surface area contributed by atoms with Crippen LogP contribution >= 0.6 is 0 Å². The van der Waals surface area contributed by atoms with Crippen LogP contribution in [-0.4, -0.2) is 35.9 Å².